The number of aryl methyl sites for hydroxylation is 1. The van der Waals surface area contributed by atoms with Crippen LogP contribution in [-0.2, 0) is 0 Å². The van der Waals surface area contributed by atoms with Crippen LogP contribution in [-0.4, -0.2) is 6.54 Å². The van der Waals surface area contributed by atoms with E-state index in [0.29, 0.717) is 0 Å². The largest absolute Gasteiger partial charge is 0.385 e. The second-order valence-corrected chi connectivity index (χ2v) is 3.16. The fraction of sp³-hybridized carbons (Fsp3) is 0.333. The number of rotatable bonds is 4. The molecule has 1 aromatic carbocycles. The summed E-state index contributed by atoms with van der Waals surface area (Å²) in [6, 6.07) is 8.34. The van der Waals surface area contributed by atoms with Crippen LogP contribution in [0.3, 0.4) is 0 Å². The van der Waals surface area contributed by atoms with Gasteiger partial charge in [0, 0.05) is 17.8 Å². The quantitative estimate of drug-likeness (QED) is 0.747. The lowest BCUT2D eigenvalue weighted by molar-refractivity contribution is 0.938. The van der Waals surface area contributed by atoms with Gasteiger partial charge in [-0.1, -0.05) is 50.8 Å². The van der Waals surface area contributed by atoms with E-state index in [1.807, 2.05) is 26.0 Å². The zero-order valence-electron chi connectivity index (χ0n) is 10.9. The van der Waals surface area contributed by atoms with Gasteiger partial charge < -0.3 is 5.32 Å². The molecular formula is C15H23N. The van der Waals surface area contributed by atoms with Crippen LogP contribution in [0, 0.1) is 6.92 Å². The van der Waals surface area contributed by atoms with Gasteiger partial charge in [0.1, 0.15) is 0 Å². The second-order valence-electron chi connectivity index (χ2n) is 3.16. The van der Waals surface area contributed by atoms with Crippen LogP contribution in [0.15, 0.2) is 43.0 Å². The Bertz CT molecular complexity index is 337. The molecule has 0 saturated carbocycles. The number of benzene rings is 1. The lowest BCUT2D eigenvalue weighted by Gasteiger charge is -2.11. The number of allylic oxidation sites excluding steroid dienone is 2. The molecule has 0 fully saturated rings. The summed E-state index contributed by atoms with van der Waals surface area (Å²) < 4.78 is 0. The summed E-state index contributed by atoms with van der Waals surface area (Å²) in [6.45, 7) is 12.9. The summed E-state index contributed by atoms with van der Waals surface area (Å²) in [6.07, 6.45) is 3.82. The van der Waals surface area contributed by atoms with Crippen LogP contribution in [0.4, 0.5) is 0 Å². The van der Waals surface area contributed by atoms with Gasteiger partial charge in [-0.2, -0.15) is 0 Å². The van der Waals surface area contributed by atoms with Crippen molar-refractivity contribution in [3.05, 3.63) is 54.1 Å². The fourth-order valence-electron chi connectivity index (χ4n) is 1.43. The van der Waals surface area contributed by atoms with E-state index in [9.17, 15) is 0 Å². The Kier molecular flexibility index (Phi) is 7.96. The SMILES string of the molecule is C=C/C=C(\NCC)c1ccccc1C.CC. The number of hydrogen-bond acceptors (Lipinski definition) is 1. The molecule has 0 spiro atoms. The number of hydrogen-bond donors (Lipinski definition) is 1. The van der Waals surface area contributed by atoms with Gasteiger partial charge in [0.05, 0.1) is 0 Å². The van der Waals surface area contributed by atoms with Crippen LogP contribution in [0.25, 0.3) is 5.70 Å². The minimum absolute atomic E-state index is 0.925. The third-order valence-corrected chi connectivity index (χ3v) is 2.09. The van der Waals surface area contributed by atoms with Gasteiger partial charge in [-0.15, -0.1) is 0 Å². The predicted molar refractivity (Wildman–Crippen MR) is 74.4 cm³/mol. The molecule has 1 aromatic rings. The van der Waals surface area contributed by atoms with E-state index < -0.39 is 0 Å². The molecule has 0 aromatic heterocycles. The first-order valence-corrected chi connectivity index (χ1v) is 5.92. The molecule has 0 amide bonds. The Morgan fingerprint density at radius 3 is 2.44 bits per heavy atom. The monoisotopic (exact) mass is 217 g/mol. The van der Waals surface area contributed by atoms with Crippen LogP contribution < -0.4 is 5.32 Å². The van der Waals surface area contributed by atoms with Gasteiger partial charge in [0.2, 0.25) is 0 Å². The fourth-order valence-corrected chi connectivity index (χ4v) is 1.43. The molecule has 16 heavy (non-hydrogen) atoms. The van der Waals surface area contributed by atoms with Crippen LogP contribution in [0.2, 0.25) is 0 Å². The molecule has 0 aliphatic rings. The summed E-state index contributed by atoms with van der Waals surface area (Å²) in [7, 11) is 0. The number of nitrogens with one attached hydrogen (secondary N) is 1. The van der Waals surface area contributed by atoms with Gasteiger partial charge in [-0.3, -0.25) is 0 Å². The van der Waals surface area contributed by atoms with Gasteiger partial charge in [-0.05, 0) is 25.5 Å². The maximum Gasteiger partial charge on any atom is 0.0416 e. The summed E-state index contributed by atoms with van der Waals surface area (Å²) in [4.78, 5) is 0. The first-order valence-electron chi connectivity index (χ1n) is 5.92. The van der Waals surface area contributed by atoms with Crippen LogP contribution in [0.5, 0.6) is 0 Å². The van der Waals surface area contributed by atoms with Crippen molar-refractivity contribution in [3.8, 4) is 0 Å². The van der Waals surface area contributed by atoms with E-state index in [1.54, 1.807) is 0 Å². The molecule has 1 heteroatoms. The van der Waals surface area contributed by atoms with E-state index in [1.165, 1.54) is 11.1 Å². The molecule has 88 valence electrons. The van der Waals surface area contributed by atoms with Crippen molar-refractivity contribution < 1.29 is 0 Å². The van der Waals surface area contributed by atoms with E-state index in [4.69, 9.17) is 0 Å². The molecule has 1 N–H and O–H groups in total. The molecule has 0 atom stereocenters. The molecule has 0 unspecified atom stereocenters. The molecule has 0 aliphatic carbocycles. The second kappa shape index (κ2) is 8.78. The van der Waals surface area contributed by atoms with Gasteiger partial charge in [0.15, 0.2) is 0 Å². The molecule has 0 heterocycles. The predicted octanol–water partition coefficient (Wildman–Crippen LogP) is 4.16. The average Bonchev–Trinajstić information content (AvgIpc) is 2.32. The van der Waals surface area contributed by atoms with E-state index in [0.717, 1.165) is 12.2 Å². The highest BCUT2D eigenvalue weighted by Gasteiger charge is 2.01. The van der Waals surface area contributed by atoms with E-state index in [2.05, 4.69) is 50.0 Å². The normalized spacial score (nSPS) is 10.1. The zero-order chi connectivity index (χ0) is 12.4. The summed E-state index contributed by atoms with van der Waals surface area (Å²) in [5, 5.41) is 3.33. The lowest BCUT2D eigenvalue weighted by Crippen LogP contribution is -2.11. The summed E-state index contributed by atoms with van der Waals surface area (Å²) in [5.41, 5.74) is 3.66. The first-order chi connectivity index (χ1) is 7.79. The van der Waals surface area contributed by atoms with E-state index in [-0.39, 0.29) is 0 Å². The van der Waals surface area contributed by atoms with Crippen molar-refractivity contribution in [1.82, 2.24) is 5.32 Å². The molecular weight excluding hydrogens is 194 g/mol. The Morgan fingerprint density at radius 2 is 1.94 bits per heavy atom. The molecule has 1 nitrogen and oxygen atoms in total. The van der Waals surface area contributed by atoms with Crippen LogP contribution in [0.1, 0.15) is 31.9 Å². The zero-order valence-corrected chi connectivity index (χ0v) is 10.9. The molecule has 1 rings (SSSR count). The van der Waals surface area contributed by atoms with Crippen molar-refractivity contribution in [1.29, 1.82) is 0 Å². The smallest absolute Gasteiger partial charge is 0.0416 e. The summed E-state index contributed by atoms with van der Waals surface area (Å²) in [5.74, 6) is 0. The van der Waals surface area contributed by atoms with Crippen molar-refractivity contribution in [2.24, 2.45) is 0 Å². The van der Waals surface area contributed by atoms with Crippen molar-refractivity contribution in [2.75, 3.05) is 6.54 Å². The van der Waals surface area contributed by atoms with E-state index >= 15 is 0 Å². The van der Waals surface area contributed by atoms with Crippen molar-refractivity contribution in [2.45, 2.75) is 27.7 Å². The highest BCUT2D eigenvalue weighted by atomic mass is 14.9. The Morgan fingerprint density at radius 1 is 1.31 bits per heavy atom. The minimum Gasteiger partial charge on any atom is -0.385 e. The maximum atomic E-state index is 3.72. The standard InChI is InChI=1S/C13H17N.C2H6/c1-4-8-13(14-5-2)12-10-7-6-9-11(12)3;1-2/h4,6-10,14H,1,5H2,2-3H3;1-2H3/b13-8-;. The summed E-state index contributed by atoms with van der Waals surface area (Å²) >= 11 is 0. The highest BCUT2D eigenvalue weighted by molar-refractivity contribution is 5.67. The first kappa shape index (κ1) is 14.5. The minimum atomic E-state index is 0.925. The van der Waals surface area contributed by atoms with Gasteiger partial charge >= 0.3 is 0 Å². The maximum absolute atomic E-state index is 3.72. The highest BCUT2D eigenvalue weighted by Crippen LogP contribution is 2.15. The van der Waals surface area contributed by atoms with Gasteiger partial charge in [0.25, 0.3) is 0 Å². The topological polar surface area (TPSA) is 12.0 Å². The lowest BCUT2D eigenvalue weighted by atomic mass is 10.1. The Labute approximate surface area is 99.9 Å². The third-order valence-electron chi connectivity index (χ3n) is 2.09. The Hall–Kier alpha value is -1.50. The van der Waals surface area contributed by atoms with Crippen molar-refractivity contribution >= 4 is 5.70 Å². The molecule has 0 aliphatic heterocycles. The average molecular weight is 217 g/mol. The molecule has 0 radical (unpaired) electrons. The Balaban J connectivity index is 0.00000106. The van der Waals surface area contributed by atoms with Crippen molar-refractivity contribution in [3.63, 3.8) is 0 Å². The molecule has 0 bridgehead atoms. The third kappa shape index (κ3) is 4.35. The molecule has 0 saturated heterocycles. The van der Waals surface area contributed by atoms with Crippen LogP contribution >= 0.6 is 0 Å². The van der Waals surface area contributed by atoms with Gasteiger partial charge in [-0.25, -0.2) is 0 Å².